The Bertz CT molecular complexity index is 600. The average Bonchev–Trinajstić information content (AvgIpc) is 2.45. The Kier molecular flexibility index (Phi) is 5.12. The molecule has 0 atom stereocenters. The molecule has 1 N–H and O–H groups in total. The normalized spacial score (nSPS) is 10.4. The first-order valence-electron chi connectivity index (χ1n) is 5.98. The zero-order valence-electron chi connectivity index (χ0n) is 10.9. The number of halogens is 2. The Balaban J connectivity index is 2.18. The van der Waals surface area contributed by atoms with Crippen molar-refractivity contribution in [2.45, 2.75) is 13.2 Å². The third kappa shape index (κ3) is 3.57. The monoisotopic (exact) mass is 312 g/mol. The number of aliphatic hydroxyl groups is 1. The molecule has 0 heterocycles. The summed E-state index contributed by atoms with van der Waals surface area (Å²) in [7, 11) is 1.61. The minimum atomic E-state index is -0.187. The molecular formula is C15H14Cl2O3. The topological polar surface area (TPSA) is 38.7 Å². The summed E-state index contributed by atoms with van der Waals surface area (Å²) in [5, 5.41) is 10.2. The van der Waals surface area contributed by atoms with Crippen LogP contribution in [0.2, 0.25) is 10.0 Å². The Morgan fingerprint density at radius 3 is 2.65 bits per heavy atom. The Morgan fingerprint density at radius 2 is 1.95 bits per heavy atom. The van der Waals surface area contributed by atoms with Gasteiger partial charge in [-0.15, -0.1) is 0 Å². The van der Waals surface area contributed by atoms with E-state index in [2.05, 4.69) is 0 Å². The van der Waals surface area contributed by atoms with Gasteiger partial charge in [0.25, 0.3) is 0 Å². The first-order chi connectivity index (χ1) is 9.63. The molecule has 0 radical (unpaired) electrons. The molecule has 0 fully saturated rings. The summed E-state index contributed by atoms with van der Waals surface area (Å²) in [6, 6.07) is 10.8. The Labute approximate surface area is 127 Å². The van der Waals surface area contributed by atoms with Gasteiger partial charge in [-0.3, -0.25) is 0 Å². The molecule has 0 aromatic heterocycles. The standard InChI is InChI=1S/C15H14Cl2O3/c1-19-13-4-2-3-10(5-13)9-20-15-11(8-18)6-12(16)7-14(15)17/h2-7,18H,8-9H2,1H3. The van der Waals surface area contributed by atoms with Crippen molar-refractivity contribution in [3.63, 3.8) is 0 Å². The van der Waals surface area contributed by atoms with Crippen LogP contribution in [0.5, 0.6) is 11.5 Å². The predicted octanol–water partition coefficient (Wildman–Crippen LogP) is 4.07. The highest BCUT2D eigenvalue weighted by Gasteiger charge is 2.10. The molecule has 0 aliphatic rings. The van der Waals surface area contributed by atoms with E-state index in [1.165, 1.54) is 0 Å². The van der Waals surface area contributed by atoms with E-state index in [1.807, 2.05) is 24.3 Å². The van der Waals surface area contributed by atoms with E-state index in [9.17, 15) is 5.11 Å². The van der Waals surface area contributed by atoms with Crippen LogP contribution in [0.4, 0.5) is 0 Å². The quantitative estimate of drug-likeness (QED) is 0.904. The van der Waals surface area contributed by atoms with Gasteiger partial charge >= 0.3 is 0 Å². The van der Waals surface area contributed by atoms with E-state index in [1.54, 1.807) is 19.2 Å². The average molecular weight is 313 g/mol. The van der Waals surface area contributed by atoms with E-state index < -0.39 is 0 Å². The minimum absolute atomic E-state index is 0.187. The summed E-state index contributed by atoms with van der Waals surface area (Å²) in [5.41, 5.74) is 1.50. The summed E-state index contributed by atoms with van der Waals surface area (Å²) in [6.07, 6.45) is 0. The lowest BCUT2D eigenvalue weighted by atomic mass is 10.2. The van der Waals surface area contributed by atoms with Gasteiger partial charge in [0.15, 0.2) is 0 Å². The summed E-state index contributed by atoms with van der Waals surface area (Å²) >= 11 is 12.0. The van der Waals surface area contributed by atoms with Crippen LogP contribution in [0.1, 0.15) is 11.1 Å². The van der Waals surface area contributed by atoms with E-state index in [0.29, 0.717) is 28.0 Å². The Hall–Kier alpha value is -1.42. The first kappa shape index (κ1) is 15.0. The number of ether oxygens (including phenoxy) is 2. The van der Waals surface area contributed by atoms with E-state index in [4.69, 9.17) is 32.7 Å². The number of rotatable bonds is 5. The van der Waals surface area contributed by atoms with Crippen molar-refractivity contribution in [3.8, 4) is 11.5 Å². The van der Waals surface area contributed by atoms with Gasteiger partial charge in [0.2, 0.25) is 0 Å². The summed E-state index contributed by atoms with van der Waals surface area (Å²) in [6.45, 7) is 0.138. The largest absolute Gasteiger partial charge is 0.497 e. The number of hydrogen-bond donors (Lipinski definition) is 1. The molecule has 0 spiro atoms. The third-order valence-electron chi connectivity index (χ3n) is 2.77. The van der Waals surface area contributed by atoms with Crippen molar-refractivity contribution < 1.29 is 14.6 Å². The smallest absolute Gasteiger partial charge is 0.144 e. The second-order valence-corrected chi connectivity index (χ2v) is 5.02. The van der Waals surface area contributed by atoms with E-state index >= 15 is 0 Å². The molecule has 0 saturated carbocycles. The summed E-state index contributed by atoms with van der Waals surface area (Å²) in [4.78, 5) is 0. The van der Waals surface area contributed by atoms with Crippen LogP contribution < -0.4 is 9.47 Å². The molecule has 2 aromatic rings. The first-order valence-corrected chi connectivity index (χ1v) is 6.74. The zero-order valence-corrected chi connectivity index (χ0v) is 12.4. The van der Waals surface area contributed by atoms with Crippen LogP contribution in [0.25, 0.3) is 0 Å². The molecule has 5 heteroatoms. The van der Waals surface area contributed by atoms with Crippen LogP contribution in [-0.4, -0.2) is 12.2 Å². The van der Waals surface area contributed by atoms with Crippen molar-refractivity contribution in [3.05, 3.63) is 57.6 Å². The second-order valence-electron chi connectivity index (χ2n) is 4.17. The van der Waals surface area contributed by atoms with Gasteiger partial charge in [-0.1, -0.05) is 35.3 Å². The highest BCUT2D eigenvalue weighted by molar-refractivity contribution is 6.35. The molecule has 2 rings (SSSR count). The zero-order chi connectivity index (χ0) is 14.5. The van der Waals surface area contributed by atoms with Crippen LogP contribution in [0, 0.1) is 0 Å². The maximum atomic E-state index is 9.33. The molecule has 0 unspecified atom stereocenters. The predicted molar refractivity (Wildman–Crippen MR) is 79.7 cm³/mol. The third-order valence-corrected chi connectivity index (χ3v) is 3.27. The van der Waals surface area contributed by atoms with Crippen molar-refractivity contribution in [2.75, 3.05) is 7.11 Å². The summed E-state index contributed by atoms with van der Waals surface area (Å²) < 4.78 is 10.8. The van der Waals surface area contributed by atoms with E-state index in [-0.39, 0.29) is 6.61 Å². The maximum Gasteiger partial charge on any atom is 0.144 e. The lowest BCUT2D eigenvalue weighted by Gasteiger charge is -2.13. The minimum Gasteiger partial charge on any atom is -0.497 e. The van der Waals surface area contributed by atoms with E-state index in [0.717, 1.165) is 11.3 Å². The highest BCUT2D eigenvalue weighted by Crippen LogP contribution is 2.33. The van der Waals surface area contributed by atoms with Crippen molar-refractivity contribution in [1.29, 1.82) is 0 Å². The molecule has 20 heavy (non-hydrogen) atoms. The van der Waals surface area contributed by atoms with Gasteiger partial charge in [0, 0.05) is 10.6 Å². The number of aliphatic hydroxyl groups excluding tert-OH is 1. The lowest BCUT2D eigenvalue weighted by Crippen LogP contribution is -2.00. The van der Waals surface area contributed by atoms with Gasteiger partial charge in [-0.25, -0.2) is 0 Å². The van der Waals surface area contributed by atoms with Crippen LogP contribution in [0.15, 0.2) is 36.4 Å². The Morgan fingerprint density at radius 1 is 1.15 bits per heavy atom. The maximum absolute atomic E-state index is 9.33. The van der Waals surface area contributed by atoms with Gasteiger partial charge < -0.3 is 14.6 Å². The number of methoxy groups -OCH3 is 1. The van der Waals surface area contributed by atoms with Gasteiger partial charge in [-0.2, -0.15) is 0 Å². The van der Waals surface area contributed by atoms with Gasteiger partial charge in [-0.05, 0) is 29.8 Å². The van der Waals surface area contributed by atoms with Crippen LogP contribution in [-0.2, 0) is 13.2 Å². The van der Waals surface area contributed by atoms with Crippen LogP contribution in [0.3, 0.4) is 0 Å². The number of benzene rings is 2. The fourth-order valence-electron chi connectivity index (χ4n) is 1.81. The molecule has 2 aromatic carbocycles. The second kappa shape index (κ2) is 6.84. The molecule has 0 saturated heterocycles. The fraction of sp³-hybridized carbons (Fsp3) is 0.200. The van der Waals surface area contributed by atoms with Gasteiger partial charge in [0.05, 0.1) is 18.7 Å². The lowest BCUT2D eigenvalue weighted by molar-refractivity contribution is 0.259. The molecule has 3 nitrogen and oxygen atoms in total. The molecule has 0 aliphatic carbocycles. The van der Waals surface area contributed by atoms with Crippen molar-refractivity contribution in [2.24, 2.45) is 0 Å². The highest BCUT2D eigenvalue weighted by atomic mass is 35.5. The van der Waals surface area contributed by atoms with Crippen molar-refractivity contribution in [1.82, 2.24) is 0 Å². The fourth-order valence-corrected chi connectivity index (χ4v) is 2.40. The van der Waals surface area contributed by atoms with Gasteiger partial charge in [0.1, 0.15) is 18.1 Å². The number of hydrogen-bond acceptors (Lipinski definition) is 3. The molecule has 0 amide bonds. The molecule has 0 aliphatic heterocycles. The SMILES string of the molecule is COc1cccc(COc2c(Cl)cc(Cl)cc2CO)c1. The van der Waals surface area contributed by atoms with Crippen molar-refractivity contribution >= 4 is 23.2 Å². The molecule has 0 bridgehead atoms. The molecular weight excluding hydrogens is 299 g/mol. The van der Waals surface area contributed by atoms with Crippen LogP contribution >= 0.6 is 23.2 Å². The summed E-state index contributed by atoms with van der Waals surface area (Å²) in [5.74, 6) is 1.21. The molecule has 106 valence electrons.